The van der Waals surface area contributed by atoms with Gasteiger partial charge in [0.1, 0.15) is 5.36 Å². The Kier molecular flexibility index (Phi) is 1.73. The molecule has 2 aromatic rings. The van der Waals surface area contributed by atoms with Crippen molar-refractivity contribution in [2.75, 3.05) is 6.61 Å². The number of ether oxygens (including phenoxy) is 1. The van der Waals surface area contributed by atoms with Crippen molar-refractivity contribution in [1.82, 2.24) is 0 Å². The summed E-state index contributed by atoms with van der Waals surface area (Å²) < 4.78 is 5.51. The molecule has 0 aliphatic carbocycles. The van der Waals surface area contributed by atoms with Crippen molar-refractivity contribution >= 4 is 29.1 Å². The Labute approximate surface area is 102 Å². The number of hydrogen-bond acceptors (Lipinski definition) is 3. The zero-order valence-corrected chi connectivity index (χ0v) is 9.38. The standard InChI is InChI=1S/C14H8N2O2/c17-13-7-18-14-10-2-1-8-5-15-6-11(8)9(10)3-4-12(14)16-13/h1-6H,7H2. The molecule has 0 radical (unpaired) electrons. The molecule has 0 spiro atoms. The van der Waals surface area contributed by atoms with E-state index in [2.05, 4.69) is 9.98 Å². The first kappa shape index (κ1) is 9.53. The minimum absolute atomic E-state index is 0.0173. The van der Waals surface area contributed by atoms with Crippen LogP contribution in [0, 0.1) is 0 Å². The molecule has 0 atom stereocenters. The number of hydrogen-bond donors (Lipinski definition) is 0. The molecule has 0 fully saturated rings. The summed E-state index contributed by atoms with van der Waals surface area (Å²) in [6.45, 7) is 0.0173. The van der Waals surface area contributed by atoms with Gasteiger partial charge in [0.05, 0.1) is 0 Å². The van der Waals surface area contributed by atoms with Gasteiger partial charge < -0.3 is 4.74 Å². The first-order chi connectivity index (χ1) is 8.83. The second-order valence-corrected chi connectivity index (χ2v) is 4.28. The van der Waals surface area contributed by atoms with Crippen molar-refractivity contribution in [3.05, 3.63) is 40.4 Å². The van der Waals surface area contributed by atoms with E-state index in [-0.39, 0.29) is 12.5 Å². The Morgan fingerprint density at radius 3 is 2.94 bits per heavy atom. The number of carbonyl (C=O) groups excluding carboxylic acids is 1. The number of benzene rings is 2. The fourth-order valence-electron chi connectivity index (χ4n) is 2.40. The fourth-order valence-corrected chi connectivity index (χ4v) is 2.40. The molecule has 86 valence electrons. The summed E-state index contributed by atoms with van der Waals surface area (Å²) in [7, 11) is 0. The van der Waals surface area contributed by atoms with Crippen molar-refractivity contribution in [3.8, 4) is 5.75 Å². The second kappa shape index (κ2) is 3.26. The second-order valence-electron chi connectivity index (χ2n) is 4.28. The van der Waals surface area contributed by atoms with E-state index in [1.165, 1.54) is 0 Å². The predicted molar refractivity (Wildman–Crippen MR) is 67.3 cm³/mol. The largest absolute Gasteiger partial charge is 0.481 e. The van der Waals surface area contributed by atoms with Gasteiger partial charge in [-0.25, -0.2) is 4.99 Å². The van der Waals surface area contributed by atoms with Crippen LogP contribution in [0.3, 0.4) is 0 Å². The fraction of sp³-hybridized carbons (Fsp3) is 0.0714. The Bertz CT molecular complexity index is 850. The summed E-state index contributed by atoms with van der Waals surface area (Å²) in [5.41, 5.74) is 1.09. The third kappa shape index (κ3) is 1.17. The van der Waals surface area contributed by atoms with Crippen molar-refractivity contribution in [2.24, 2.45) is 9.98 Å². The zero-order chi connectivity index (χ0) is 12.1. The summed E-state index contributed by atoms with van der Waals surface area (Å²) in [6.07, 6.45) is 3.68. The highest BCUT2D eigenvalue weighted by Gasteiger charge is 2.15. The summed E-state index contributed by atoms with van der Waals surface area (Å²) in [6, 6.07) is 7.78. The molecule has 2 aliphatic heterocycles. The summed E-state index contributed by atoms with van der Waals surface area (Å²) in [5, 5.41) is 3.77. The molecule has 0 aromatic heterocycles. The highest BCUT2D eigenvalue weighted by Crippen LogP contribution is 2.24. The van der Waals surface area contributed by atoms with Gasteiger partial charge in [-0.3, -0.25) is 9.79 Å². The van der Waals surface area contributed by atoms with Crippen LogP contribution in [-0.2, 0) is 4.79 Å². The lowest BCUT2D eigenvalue weighted by atomic mass is 10.0. The molecule has 4 nitrogen and oxygen atoms in total. The van der Waals surface area contributed by atoms with Crippen LogP contribution in [0.1, 0.15) is 5.56 Å². The highest BCUT2D eigenvalue weighted by atomic mass is 16.5. The maximum absolute atomic E-state index is 11.2. The van der Waals surface area contributed by atoms with Gasteiger partial charge in [0.25, 0.3) is 5.91 Å². The van der Waals surface area contributed by atoms with E-state index in [9.17, 15) is 4.79 Å². The molecular weight excluding hydrogens is 228 g/mol. The minimum Gasteiger partial charge on any atom is -0.481 e. The lowest BCUT2D eigenvalue weighted by molar-refractivity contribution is -0.120. The third-order valence-electron chi connectivity index (χ3n) is 3.21. The topological polar surface area (TPSA) is 51.0 Å². The molecule has 0 N–H and O–H groups in total. The molecule has 0 saturated carbocycles. The smallest absolute Gasteiger partial charge is 0.284 e. The minimum atomic E-state index is -0.238. The van der Waals surface area contributed by atoms with E-state index in [1.54, 1.807) is 0 Å². The van der Waals surface area contributed by atoms with Crippen LogP contribution in [0.15, 0.2) is 34.3 Å². The molecule has 2 heterocycles. The maximum atomic E-state index is 11.2. The van der Waals surface area contributed by atoms with Gasteiger partial charge in [0.15, 0.2) is 12.4 Å². The van der Waals surface area contributed by atoms with Crippen molar-refractivity contribution in [2.45, 2.75) is 0 Å². The quantitative estimate of drug-likeness (QED) is 0.670. The zero-order valence-electron chi connectivity index (χ0n) is 9.38. The molecule has 2 aromatic carbocycles. The summed E-state index contributed by atoms with van der Waals surface area (Å²) in [5.74, 6) is 0.452. The molecule has 4 heteroatoms. The van der Waals surface area contributed by atoms with Gasteiger partial charge in [-0.05, 0) is 17.5 Å². The van der Waals surface area contributed by atoms with Crippen LogP contribution in [0.4, 0.5) is 0 Å². The van der Waals surface area contributed by atoms with Gasteiger partial charge >= 0.3 is 0 Å². The SMILES string of the molecule is O=C1COc2c(ccc3c4c(ccc23)=CN=C4)=N1. The molecule has 0 bridgehead atoms. The van der Waals surface area contributed by atoms with E-state index >= 15 is 0 Å². The van der Waals surface area contributed by atoms with Gasteiger partial charge in [0, 0.05) is 28.6 Å². The number of rotatable bonds is 0. The number of carbonyl (C=O) groups is 1. The van der Waals surface area contributed by atoms with Crippen molar-refractivity contribution in [3.63, 3.8) is 0 Å². The van der Waals surface area contributed by atoms with E-state index in [0.29, 0.717) is 11.1 Å². The molecular formula is C14H8N2O2. The first-order valence-electron chi connectivity index (χ1n) is 5.66. The number of fused-ring (bicyclic) bond motifs is 5. The van der Waals surface area contributed by atoms with Gasteiger partial charge in [-0.15, -0.1) is 0 Å². The normalized spacial score (nSPS) is 15.7. The van der Waals surface area contributed by atoms with E-state index < -0.39 is 0 Å². The van der Waals surface area contributed by atoms with Gasteiger partial charge in [0.2, 0.25) is 0 Å². The van der Waals surface area contributed by atoms with Crippen LogP contribution in [-0.4, -0.2) is 18.7 Å². The number of amides is 1. The van der Waals surface area contributed by atoms with Crippen LogP contribution >= 0.6 is 0 Å². The number of aliphatic imine (C=N–C) groups is 1. The van der Waals surface area contributed by atoms with Crippen LogP contribution < -0.4 is 15.3 Å². The monoisotopic (exact) mass is 236 g/mol. The molecule has 4 rings (SSSR count). The Morgan fingerprint density at radius 2 is 2.00 bits per heavy atom. The van der Waals surface area contributed by atoms with Crippen molar-refractivity contribution in [1.29, 1.82) is 0 Å². The third-order valence-corrected chi connectivity index (χ3v) is 3.21. The molecule has 0 unspecified atom stereocenters. The summed E-state index contributed by atoms with van der Waals surface area (Å²) in [4.78, 5) is 19.4. The Balaban J connectivity index is 2.19. The molecule has 18 heavy (non-hydrogen) atoms. The Hall–Kier alpha value is -2.49. The lowest BCUT2D eigenvalue weighted by Gasteiger charge is -2.12. The van der Waals surface area contributed by atoms with Gasteiger partial charge in [-0.2, -0.15) is 0 Å². The van der Waals surface area contributed by atoms with Crippen LogP contribution in [0.5, 0.6) is 5.75 Å². The van der Waals surface area contributed by atoms with E-state index in [4.69, 9.17) is 4.74 Å². The average Bonchev–Trinajstić information content (AvgIpc) is 2.86. The average molecular weight is 236 g/mol. The van der Waals surface area contributed by atoms with Crippen LogP contribution in [0.2, 0.25) is 0 Å². The predicted octanol–water partition coefficient (Wildman–Crippen LogP) is 0.549. The Morgan fingerprint density at radius 1 is 1.11 bits per heavy atom. The molecule has 0 saturated heterocycles. The molecule has 1 amide bonds. The highest BCUT2D eigenvalue weighted by molar-refractivity contribution is 6.04. The van der Waals surface area contributed by atoms with Crippen molar-refractivity contribution < 1.29 is 9.53 Å². The van der Waals surface area contributed by atoms with E-state index in [0.717, 1.165) is 21.6 Å². The van der Waals surface area contributed by atoms with E-state index in [1.807, 2.05) is 36.7 Å². The first-order valence-corrected chi connectivity index (χ1v) is 5.66. The lowest BCUT2D eigenvalue weighted by Crippen LogP contribution is -2.23. The summed E-state index contributed by atoms with van der Waals surface area (Å²) >= 11 is 0. The molecule has 2 aliphatic rings. The van der Waals surface area contributed by atoms with Gasteiger partial charge in [-0.1, -0.05) is 12.1 Å². The maximum Gasteiger partial charge on any atom is 0.284 e. The van der Waals surface area contributed by atoms with Crippen LogP contribution in [0.25, 0.3) is 17.0 Å². The number of nitrogens with zero attached hydrogens (tertiary/aromatic N) is 2.